The number of carbonyl (C=O) groups is 1. The van der Waals surface area contributed by atoms with E-state index in [9.17, 15) is 18.0 Å². The number of alkyl halides is 3. The van der Waals surface area contributed by atoms with E-state index < -0.39 is 23.3 Å². The van der Waals surface area contributed by atoms with E-state index in [0.29, 0.717) is 22.7 Å². The van der Waals surface area contributed by atoms with Gasteiger partial charge in [-0.1, -0.05) is 18.2 Å². The average molecular weight is 494 g/mol. The smallest absolute Gasteiger partial charge is 0.416 e. The highest BCUT2D eigenvalue weighted by Crippen LogP contribution is 2.39. The molecule has 9 heteroatoms. The molecule has 33 heavy (non-hydrogen) atoms. The number of nitrogens with zero attached hydrogens (tertiary/aromatic N) is 1. The first-order chi connectivity index (χ1) is 15.5. The van der Waals surface area contributed by atoms with Crippen LogP contribution in [0.25, 0.3) is 10.6 Å². The van der Waals surface area contributed by atoms with Crippen molar-refractivity contribution < 1.29 is 27.8 Å². The highest BCUT2D eigenvalue weighted by atomic mass is 32.2. The molecule has 1 atom stereocenters. The summed E-state index contributed by atoms with van der Waals surface area (Å²) in [6.07, 6.45) is -2.97. The first kappa shape index (κ1) is 23.6. The predicted octanol–water partition coefficient (Wildman–Crippen LogP) is 6.99. The minimum absolute atomic E-state index is 0.0450. The number of carboxylic acid groups (broad SMARTS) is 1. The molecule has 1 N–H and O–H groups in total. The Hall–Kier alpha value is -2.52. The van der Waals surface area contributed by atoms with Gasteiger partial charge in [-0.15, -0.1) is 23.1 Å². The zero-order valence-corrected chi connectivity index (χ0v) is 19.7. The molecule has 2 aromatic carbocycles. The molecule has 1 unspecified atom stereocenters. The summed E-state index contributed by atoms with van der Waals surface area (Å²) in [5.74, 6) is 0.507. The zero-order valence-electron chi connectivity index (χ0n) is 18.0. The standard InChI is InChI=1S/C24H22F3NO3S2/c1-14-20(33-22(28-14)16-3-6-17(7-4-16)24(25,26)27)13-32-18-8-5-15-9-10-23(2,12-21(29)30)31-19(15)11-18/h3-8,11H,9-10,12-13H2,1-2H3,(H,29,30). The van der Waals surface area contributed by atoms with Crippen molar-refractivity contribution in [2.24, 2.45) is 0 Å². The Morgan fingerprint density at radius 1 is 1.24 bits per heavy atom. The molecule has 0 saturated heterocycles. The second-order valence-electron chi connectivity index (χ2n) is 8.28. The summed E-state index contributed by atoms with van der Waals surface area (Å²) in [6.45, 7) is 3.72. The van der Waals surface area contributed by atoms with Crippen LogP contribution in [0.4, 0.5) is 13.2 Å². The number of hydrogen-bond donors (Lipinski definition) is 1. The number of hydrogen-bond acceptors (Lipinski definition) is 5. The fourth-order valence-electron chi connectivity index (χ4n) is 3.72. The maximum absolute atomic E-state index is 12.8. The van der Waals surface area contributed by atoms with Gasteiger partial charge in [-0.3, -0.25) is 4.79 Å². The Balaban J connectivity index is 1.46. The maximum atomic E-state index is 12.8. The molecule has 0 amide bonds. The van der Waals surface area contributed by atoms with Crippen LogP contribution in [0.1, 0.15) is 41.5 Å². The number of aryl methyl sites for hydroxylation is 2. The molecule has 0 bridgehead atoms. The van der Waals surface area contributed by atoms with Gasteiger partial charge in [-0.05, 0) is 56.5 Å². The quantitative estimate of drug-likeness (QED) is 0.375. The number of thioether (sulfide) groups is 1. The van der Waals surface area contributed by atoms with Crippen molar-refractivity contribution in [3.8, 4) is 16.3 Å². The SMILES string of the molecule is Cc1nc(-c2ccc(C(F)(F)F)cc2)sc1CSc1ccc2c(c1)OC(C)(CC(=O)O)CC2. The second kappa shape index (κ2) is 9.02. The molecule has 4 rings (SSSR count). The number of aliphatic carboxylic acids is 1. The van der Waals surface area contributed by atoms with E-state index in [1.54, 1.807) is 11.8 Å². The average Bonchev–Trinajstić information content (AvgIpc) is 3.11. The van der Waals surface area contributed by atoms with Gasteiger partial charge < -0.3 is 9.84 Å². The maximum Gasteiger partial charge on any atom is 0.416 e. The van der Waals surface area contributed by atoms with E-state index in [1.807, 2.05) is 32.0 Å². The van der Waals surface area contributed by atoms with E-state index in [4.69, 9.17) is 9.84 Å². The minimum Gasteiger partial charge on any atom is -0.487 e. The molecule has 3 aromatic rings. The van der Waals surface area contributed by atoms with Gasteiger partial charge in [0.15, 0.2) is 0 Å². The summed E-state index contributed by atoms with van der Waals surface area (Å²) in [4.78, 5) is 17.8. The van der Waals surface area contributed by atoms with Crippen LogP contribution in [0.15, 0.2) is 47.4 Å². The lowest BCUT2D eigenvalue weighted by Gasteiger charge is -2.34. The Morgan fingerprint density at radius 2 is 1.97 bits per heavy atom. The first-order valence-electron chi connectivity index (χ1n) is 10.3. The Kier molecular flexibility index (Phi) is 6.46. The van der Waals surface area contributed by atoms with Crippen molar-refractivity contribution in [2.75, 3.05) is 0 Å². The molecular formula is C24H22F3NO3S2. The van der Waals surface area contributed by atoms with Crippen LogP contribution < -0.4 is 4.74 Å². The lowest BCUT2D eigenvalue weighted by Crippen LogP contribution is -2.38. The summed E-state index contributed by atoms with van der Waals surface area (Å²) in [7, 11) is 0. The summed E-state index contributed by atoms with van der Waals surface area (Å²) in [5, 5.41) is 9.85. The lowest BCUT2D eigenvalue weighted by atomic mass is 9.90. The van der Waals surface area contributed by atoms with Crippen molar-refractivity contribution in [2.45, 2.75) is 55.5 Å². The van der Waals surface area contributed by atoms with Gasteiger partial charge >= 0.3 is 12.1 Å². The van der Waals surface area contributed by atoms with Gasteiger partial charge in [0.05, 0.1) is 17.7 Å². The van der Waals surface area contributed by atoms with Crippen LogP contribution in [-0.2, 0) is 23.1 Å². The zero-order chi connectivity index (χ0) is 23.8. The number of rotatable bonds is 6. The monoisotopic (exact) mass is 493 g/mol. The predicted molar refractivity (Wildman–Crippen MR) is 123 cm³/mol. The van der Waals surface area contributed by atoms with Crippen molar-refractivity contribution in [3.63, 3.8) is 0 Å². The van der Waals surface area contributed by atoms with Gasteiger partial charge in [0, 0.05) is 21.1 Å². The Labute approximate surface area is 197 Å². The molecule has 0 radical (unpaired) electrons. The molecule has 1 aliphatic rings. The van der Waals surface area contributed by atoms with Crippen LogP contribution in [-0.4, -0.2) is 21.7 Å². The number of ether oxygens (including phenoxy) is 1. The molecule has 0 fully saturated rings. The third-order valence-corrected chi connectivity index (χ3v) is 7.97. The topological polar surface area (TPSA) is 59.4 Å². The van der Waals surface area contributed by atoms with Crippen LogP contribution in [0.3, 0.4) is 0 Å². The van der Waals surface area contributed by atoms with Gasteiger partial charge in [0.2, 0.25) is 0 Å². The molecule has 4 nitrogen and oxygen atoms in total. The van der Waals surface area contributed by atoms with Crippen molar-refractivity contribution >= 4 is 29.1 Å². The van der Waals surface area contributed by atoms with E-state index in [0.717, 1.165) is 45.3 Å². The number of halogens is 3. The van der Waals surface area contributed by atoms with E-state index in [2.05, 4.69) is 4.98 Å². The van der Waals surface area contributed by atoms with Gasteiger partial charge in [-0.2, -0.15) is 13.2 Å². The highest BCUT2D eigenvalue weighted by molar-refractivity contribution is 7.98. The summed E-state index contributed by atoms with van der Waals surface area (Å²) < 4.78 is 44.5. The third-order valence-electron chi connectivity index (χ3n) is 5.57. The largest absolute Gasteiger partial charge is 0.487 e. The number of aromatic nitrogens is 1. The third kappa shape index (κ3) is 5.52. The molecule has 0 spiro atoms. The van der Waals surface area contributed by atoms with Gasteiger partial charge in [0.1, 0.15) is 16.4 Å². The summed E-state index contributed by atoms with van der Waals surface area (Å²) in [6, 6.07) is 11.1. The lowest BCUT2D eigenvalue weighted by molar-refractivity contribution is -0.141. The molecule has 2 heterocycles. The molecule has 174 valence electrons. The van der Waals surface area contributed by atoms with Crippen LogP contribution >= 0.6 is 23.1 Å². The molecule has 1 aliphatic heterocycles. The van der Waals surface area contributed by atoms with Gasteiger partial charge in [-0.25, -0.2) is 4.98 Å². The molecule has 1 aromatic heterocycles. The molecule has 0 aliphatic carbocycles. The fourth-order valence-corrected chi connectivity index (χ4v) is 5.86. The van der Waals surface area contributed by atoms with E-state index in [1.165, 1.54) is 23.5 Å². The highest BCUT2D eigenvalue weighted by Gasteiger charge is 2.34. The Bertz CT molecular complexity index is 1170. The Morgan fingerprint density at radius 3 is 2.64 bits per heavy atom. The number of thiazole rings is 1. The minimum atomic E-state index is -4.36. The summed E-state index contributed by atoms with van der Waals surface area (Å²) in [5.41, 5.74) is 1.19. The van der Waals surface area contributed by atoms with Gasteiger partial charge in [0.25, 0.3) is 0 Å². The van der Waals surface area contributed by atoms with Crippen LogP contribution in [0.5, 0.6) is 5.75 Å². The molecular weight excluding hydrogens is 471 g/mol. The number of benzene rings is 2. The van der Waals surface area contributed by atoms with E-state index >= 15 is 0 Å². The summed E-state index contributed by atoms with van der Waals surface area (Å²) >= 11 is 3.09. The normalized spacial score (nSPS) is 18.0. The van der Waals surface area contributed by atoms with Crippen molar-refractivity contribution in [3.05, 3.63) is 64.2 Å². The molecule has 0 saturated carbocycles. The van der Waals surface area contributed by atoms with Crippen LogP contribution in [0.2, 0.25) is 0 Å². The second-order valence-corrected chi connectivity index (χ2v) is 10.4. The number of carboxylic acids is 1. The first-order valence-corrected chi connectivity index (χ1v) is 12.1. The fraction of sp³-hybridized carbons (Fsp3) is 0.333. The van der Waals surface area contributed by atoms with Crippen molar-refractivity contribution in [1.29, 1.82) is 0 Å². The van der Waals surface area contributed by atoms with Crippen LogP contribution in [0, 0.1) is 6.92 Å². The number of fused-ring (bicyclic) bond motifs is 1. The van der Waals surface area contributed by atoms with Crippen molar-refractivity contribution in [1.82, 2.24) is 4.98 Å². The van der Waals surface area contributed by atoms with E-state index in [-0.39, 0.29) is 6.42 Å².